The number of imide groups is 1. The molecule has 0 aromatic heterocycles. The molecule has 0 bridgehead atoms. The summed E-state index contributed by atoms with van der Waals surface area (Å²) < 4.78 is 21.2. The van der Waals surface area contributed by atoms with Crippen LogP contribution in [0.25, 0.3) is 6.08 Å². The summed E-state index contributed by atoms with van der Waals surface area (Å²) in [6.07, 6.45) is 1.51. The topological polar surface area (TPSA) is 112 Å². The molecule has 0 spiro atoms. The van der Waals surface area contributed by atoms with Crippen LogP contribution >= 0.6 is 11.8 Å². The molecule has 2 heterocycles. The molecular weight excluding hydrogens is 488 g/mol. The zero-order valence-electron chi connectivity index (χ0n) is 19.7. The average Bonchev–Trinajstić information content (AvgIpc) is 3.16. The summed E-state index contributed by atoms with van der Waals surface area (Å²) in [4.78, 5) is 53.1. The predicted molar refractivity (Wildman–Crippen MR) is 131 cm³/mol. The summed E-state index contributed by atoms with van der Waals surface area (Å²) in [5.41, 5.74) is 0.827. The summed E-state index contributed by atoms with van der Waals surface area (Å²) in [6, 6.07) is 11.2. The highest BCUT2D eigenvalue weighted by molar-refractivity contribution is 8.18. The lowest BCUT2D eigenvalue weighted by Gasteiger charge is -2.28. The number of hydrogen-bond donors (Lipinski definition) is 0. The van der Waals surface area contributed by atoms with E-state index in [0.717, 1.165) is 16.7 Å². The number of carbonyl (C=O) groups excluding carboxylic acids is 4. The third kappa shape index (κ3) is 5.69. The van der Waals surface area contributed by atoms with Crippen molar-refractivity contribution in [2.75, 3.05) is 47.1 Å². The maximum absolute atomic E-state index is 12.9. The number of methoxy groups -OCH3 is 2. The molecule has 2 fully saturated rings. The number of amides is 3. The first-order valence-electron chi connectivity index (χ1n) is 11.0. The zero-order valence-corrected chi connectivity index (χ0v) is 20.5. The van der Waals surface area contributed by atoms with Crippen LogP contribution in [0, 0.1) is 0 Å². The average molecular weight is 513 g/mol. The van der Waals surface area contributed by atoms with Gasteiger partial charge in [0.2, 0.25) is 5.91 Å². The second-order valence-electron chi connectivity index (χ2n) is 7.79. The minimum atomic E-state index is -0.602. The highest BCUT2D eigenvalue weighted by Gasteiger charge is 2.37. The number of hydrogen-bond acceptors (Lipinski definition) is 9. The van der Waals surface area contributed by atoms with Crippen molar-refractivity contribution >= 4 is 40.9 Å². The third-order valence-corrected chi connectivity index (χ3v) is 6.45. The Kier molecular flexibility index (Phi) is 7.91. The van der Waals surface area contributed by atoms with Crippen LogP contribution in [-0.2, 0) is 14.3 Å². The Hall–Kier alpha value is -3.83. The van der Waals surface area contributed by atoms with Gasteiger partial charge in [-0.2, -0.15) is 0 Å². The highest BCUT2D eigenvalue weighted by atomic mass is 32.2. The van der Waals surface area contributed by atoms with Crippen molar-refractivity contribution in [1.82, 2.24) is 9.80 Å². The molecular formula is C25H24N2O8S. The van der Waals surface area contributed by atoms with E-state index < -0.39 is 17.1 Å². The van der Waals surface area contributed by atoms with Crippen molar-refractivity contribution in [2.45, 2.75) is 0 Å². The molecule has 0 radical (unpaired) electrons. The summed E-state index contributed by atoms with van der Waals surface area (Å²) in [5, 5.41) is -0.521. The van der Waals surface area contributed by atoms with Crippen LogP contribution in [0.1, 0.15) is 15.9 Å². The minimum absolute atomic E-state index is 0.147. The third-order valence-electron chi connectivity index (χ3n) is 5.54. The molecule has 0 saturated carbocycles. The number of thioether (sulfide) groups is 1. The number of nitrogens with zero attached hydrogens (tertiary/aromatic N) is 2. The van der Waals surface area contributed by atoms with Gasteiger partial charge in [-0.3, -0.25) is 19.3 Å². The largest absolute Gasteiger partial charge is 0.497 e. The predicted octanol–water partition coefficient (Wildman–Crippen LogP) is 2.82. The molecule has 0 aliphatic carbocycles. The van der Waals surface area contributed by atoms with E-state index in [2.05, 4.69) is 0 Å². The SMILES string of the molecule is COc1ccc(C(=O)Oc2cc(/C=C3\SC(=O)N(CC(=O)N4CCOCC4)C3=O)ccc2OC)cc1. The van der Waals surface area contributed by atoms with Gasteiger partial charge in [-0.1, -0.05) is 6.07 Å². The number of esters is 1. The fraction of sp³-hybridized carbons (Fsp3) is 0.280. The summed E-state index contributed by atoms with van der Waals surface area (Å²) >= 11 is 0.748. The first kappa shape index (κ1) is 25.3. The van der Waals surface area contributed by atoms with Gasteiger partial charge in [0.25, 0.3) is 11.1 Å². The van der Waals surface area contributed by atoms with Gasteiger partial charge < -0.3 is 23.8 Å². The molecule has 2 aromatic carbocycles. The van der Waals surface area contributed by atoms with Gasteiger partial charge in [0, 0.05) is 13.1 Å². The Morgan fingerprint density at radius 1 is 1.00 bits per heavy atom. The van der Waals surface area contributed by atoms with E-state index in [1.807, 2.05) is 0 Å². The molecule has 0 unspecified atom stereocenters. The van der Waals surface area contributed by atoms with Crippen LogP contribution in [0.15, 0.2) is 47.4 Å². The Morgan fingerprint density at radius 3 is 2.39 bits per heavy atom. The zero-order chi connectivity index (χ0) is 25.7. The van der Waals surface area contributed by atoms with E-state index in [4.69, 9.17) is 18.9 Å². The molecule has 0 atom stereocenters. The molecule has 188 valence electrons. The van der Waals surface area contributed by atoms with Crippen molar-refractivity contribution in [2.24, 2.45) is 0 Å². The Labute approximate surface area is 211 Å². The van der Waals surface area contributed by atoms with Crippen molar-refractivity contribution in [1.29, 1.82) is 0 Å². The van der Waals surface area contributed by atoms with Crippen LogP contribution in [0.5, 0.6) is 17.2 Å². The second kappa shape index (κ2) is 11.3. The van der Waals surface area contributed by atoms with Gasteiger partial charge in [0.1, 0.15) is 12.3 Å². The lowest BCUT2D eigenvalue weighted by Crippen LogP contribution is -2.46. The van der Waals surface area contributed by atoms with E-state index in [0.29, 0.717) is 48.9 Å². The number of ether oxygens (including phenoxy) is 4. The van der Waals surface area contributed by atoms with Gasteiger partial charge in [-0.05, 0) is 59.8 Å². The molecule has 2 saturated heterocycles. The van der Waals surface area contributed by atoms with E-state index in [9.17, 15) is 19.2 Å². The van der Waals surface area contributed by atoms with Gasteiger partial charge in [0.15, 0.2) is 11.5 Å². The molecule has 2 aliphatic rings. The lowest BCUT2D eigenvalue weighted by molar-refractivity contribution is -0.139. The fourth-order valence-electron chi connectivity index (χ4n) is 3.58. The van der Waals surface area contributed by atoms with Crippen LogP contribution in [0.2, 0.25) is 0 Å². The van der Waals surface area contributed by atoms with E-state index in [-0.39, 0.29) is 23.1 Å². The van der Waals surface area contributed by atoms with Crippen LogP contribution in [0.3, 0.4) is 0 Å². The quantitative estimate of drug-likeness (QED) is 0.314. The number of morpholine rings is 1. The highest BCUT2D eigenvalue weighted by Crippen LogP contribution is 2.35. The van der Waals surface area contributed by atoms with Crippen molar-refractivity contribution in [3.63, 3.8) is 0 Å². The number of benzene rings is 2. The monoisotopic (exact) mass is 512 g/mol. The van der Waals surface area contributed by atoms with Crippen LogP contribution < -0.4 is 14.2 Å². The molecule has 10 nitrogen and oxygen atoms in total. The van der Waals surface area contributed by atoms with E-state index in [1.165, 1.54) is 26.4 Å². The van der Waals surface area contributed by atoms with E-state index in [1.54, 1.807) is 41.3 Å². The summed E-state index contributed by atoms with van der Waals surface area (Å²) in [6.45, 7) is 1.38. The van der Waals surface area contributed by atoms with Crippen molar-refractivity contribution in [3.05, 3.63) is 58.5 Å². The first-order chi connectivity index (χ1) is 17.4. The molecule has 36 heavy (non-hydrogen) atoms. The minimum Gasteiger partial charge on any atom is -0.497 e. The Balaban J connectivity index is 1.49. The van der Waals surface area contributed by atoms with Gasteiger partial charge in [0.05, 0.1) is 37.9 Å². The maximum atomic E-state index is 12.9. The fourth-order valence-corrected chi connectivity index (χ4v) is 4.42. The van der Waals surface area contributed by atoms with Gasteiger partial charge in [-0.15, -0.1) is 0 Å². The standard InChI is InChI=1S/C25H24N2O8S/c1-32-18-6-4-17(5-7-18)24(30)35-20-13-16(3-8-19(20)33-2)14-21-23(29)27(25(31)36-21)15-22(28)26-9-11-34-12-10-26/h3-8,13-14H,9-12,15H2,1-2H3/b21-14-. The van der Waals surface area contributed by atoms with Crippen LogP contribution in [-0.4, -0.2) is 79.9 Å². The second-order valence-corrected chi connectivity index (χ2v) is 8.78. The Bertz CT molecular complexity index is 1210. The Morgan fingerprint density at radius 2 is 1.72 bits per heavy atom. The maximum Gasteiger partial charge on any atom is 0.343 e. The summed E-state index contributed by atoms with van der Waals surface area (Å²) in [5.74, 6) is -0.396. The number of carbonyl (C=O) groups is 4. The first-order valence-corrected chi connectivity index (χ1v) is 11.9. The van der Waals surface area contributed by atoms with Gasteiger partial charge in [-0.25, -0.2) is 4.79 Å². The molecule has 4 rings (SSSR count). The molecule has 3 amide bonds. The van der Waals surface area contributed by atoms with Crippen molar-refractivity contribution in [3.8, 4) is 17.2 Å². The smallest absolute Gasteiger partial charge is 0.343 e. The van der Waals surface area contributed by atoms with E-state index >= 15 is 0 Å². The molecule has 11 heteroatoms. The molecule has 2 aliphatic heterocycles. The molecule has 2 aromatic rings. The molecule has 0 N–H and O–H groups in total. The van der Waals surface area contributed by atoms with Crippen LogP contribution in [0.4, 0.5) is 4.79 Å². The number of rotatable bonds is 7. The summed E-state index contributed by atoms with van der Waals surface area (Å²) in [7, 11) is 2.97. The lowest BCUT2D eigenvalue weighted by atomic mass is 10.1. The van der Waals surface area contributed by atoms with Gasteiger partial charge >= 0.3 is 5.97 Å². The normalized spacial score (nSPS) is 16.9. The van der Waals surface area contributed by atoms with Crippen molar-refractivity contribution < 1.29 is 38.1 Å².